The van der Waals surface area contributed by atoms with Crippen LogP contribution in [-0.4, -0.2) is 43.0 Å². The second-order valence-electron chi connectivity index (χ2n) is 7.41. The van der Waals surface area contributed by atoms with Crippen molar-refractivity contribution in [2.24, 2.45) is 5.73 Å². The molecule has 1 saturated heterocycles. The molecule has 30 heavy (non-hydrogen) atoms. The van der Waals surface area contributed by atoms with E-state index in [0.717, 1.165) is 25.9 Å². The Labute approximate surface area is 178 Å². The molecule has 1 aromatic heterocycles. The van der Waals surface area contributed by atoms with Crippen LogP contribution in [0.15, 0.2) is 46.9 Å². The fraction of sp³-hybridized carbons (Fsp3) is 0.273. The summed E-state index contributed by atoms with van der Waals surface area (Å²) in [4.78, 5) is 27.0. The Morgan fingerprint density at radius 2 is 1.97 bits per heavy atom. The number of nitrogens with two attached hydrogens (primary N) is 1. The van der Waals surface area contributed by atoms with Gasteiger partial charge in [-0.05, 0) is 50.2 Å². The lowest BCUT2D eigenvalue weighted by Gasteiger charge is -2.29. The number of ether oxygens (including phenoxy) is 1. The van der Waals surface area contributed by atoms with Crippen molar-refractivity contribution in [3.05, 3.63) is 58.8 Å². The summed E-state index contributed by atoms with van der Waals surface area (Å²) in [6, 6.07) is 11.9. The maximum atomic E-state index is 12.9. The summed E-state index contributed by atoms with van der Waals surface area (Å²) in [6.45, 7) is 1.97. The Hall–Kier alpha value is -3.03. The van der Waals surface area contributed by atoms with Crippen molar-refractivity contribution < 1.29 is 18.7 Å². The summed E-state index contributed by atoms with van der Waals surface area (Å²) in [5.41, 5.74) is 6.42. The van der Waals surface area contributed by atoms with E-state index >= 15 is 0 Å². The fourth-order valence-electron chi connectivity index (χ4n) is 3.56. The van der Waals surface area contributed by atoms with Gasteiger partial charge in [-0.25, -0.2) is 0 Å². The summed E-state index contributed by atoms with van der Waals surface area (Å²) in [6.07, 6.45) is 2.01. The van der Waals surface area contributed by atoms with Crippen LogP contribution in [0, 0.1) is 0 Å². The van der Waals surface area contributed by atoms with Crippen molar-refractivity contribution in [1.82, 2.24) is 4.90 Å². The molecule has 3 N–H and O–H groups in total. The van der Waals surface area contributed by atoms with E-state index in [-0.39, 0.29) is 17.6 Å². The average molecular weight is 428 g/mol. The minimum absolute atomic E-state index is 0.126. The lowest BCUT2D eigenvalue weighted by atomic mass is 10.1. The third kappa shape index (κ3) is 4.27. The number of likely N-dealkylation sites (tertiary alicyclic amines) is 1. The first-order valence-electron chi connectivity index (χ1n) is 9.69. The van der Waals surface area contributed by atoms with Crippen LogP contribution in [0.3, 0.4) is 0 Å². The molecule has 7 nitrogen and oxygen atoms in total. The number of carbonyl (C=O) groups is 2. The number of furan rings is 1. The molecule has 2 amide bonds. The Bertz CT molecular complexity index is 1100. The maximum Gasteiger partial charge on any atom is 0.286 e. The number of piperidine rings is 1. The van der Waals surface area contributed by atoms with E-state index < -0.39 is 11.8 Å². The molecule has 0 unspecified atom stereocenters. The SMILES string of the molecule is CN1CCC(Oc2cccc(C(=O)Nc3c(C(N)=O)oc4cc(Cl)ccc34)c2)CC1. The second kappa shape index (κ2) is 8.38. The standard InChI is InChI=1S/C22H22ClN3O4/c1-26-9-7-15(8-10-26)29-16-4-2-3-13(11-16)22(28)25-19-17-6-5-14(23)12-18(17)30-20(19)21(24)27/h2-6,11-12,15H,7-10H2,1H3,(H2,24,27)(H,25,28). The molecule has 3 aromatic rings. The molecule has 1 fully saturated rings. The molecular formula is C22H22ClN3O4. The van der Waals surface area contributed by atoms with Gasteiger partial charge in [0.25, 0.3) is 11.8 Å². The van der Waals surface area contributed by atoms with Gasteiger partial charge in [-0.15, -0.1) is 0 Å². The topological polar surface area (TPSA) is 97.8 Å². The number of nitrogens with zero attached hydrogens (tertiary/aromatic N) is 1. The molecule has 0 radical (unpaired) electrons. The van der Waals surface area contributed by atoms with Gasteiger partial charge in [0.05, 0.1) is 0 Å². The predicted molar refractivity (Wildman–Crippen MR) is 115 cm³/mol. The average Bonchev–Trinajstić information content (AvgIpc) is 3.07. The number of hydrogen-bond donors (Lipinski definition) is 2. The molecule has 0 atom stereocenters. The number of fused-ring (bicyclic) bond motifs is 1. The van der Waals surface area contributed by atoms with Crippen molar-refractivity contribution >= 4 is 40.1 Å². The van der Waals surface area contributed by atoms with Gasteiger partial charge in [0, 0.05) is 35.1 Å². The molecule has 156 valence electrons. The number of benzene rings is 2. The summed E-state index contributed by atoms with van der Waals surface area (Å²) < 4.78 is 11.6. The molecule has 4 rings (SSSR count). The molecule has 2 heterocycles. The number of halogens is 1. The maximum absolute atomic E-state index is 12.9. The number of rotatable bonds is 5. The number of primary amides is 1. The van der Waals surface area contributed by atoms with Gasteiger partial charge in [0.2, 0.25) is 5.76 Å². The summed E-state index contributed by atoms with van der Waals surface area (Å²) in [7, 11) is 2.09. The quantitative estimate of drug-likeness (QED) is 0.643. The molecule has 0 aliphatic carbocycles. The van der Waals surface area contributed by atoms with Crippen LogP contribution in [0.5, 0.6) is 5.75 Å². The first-order chi connectivity index (χ1) is 14.4. The van der Waals surface area contributed by atoms with Crippen LogP contribution >= 0.6 is 11.6 Å². The van der Waals surface area contributed by atoms with Crippen LogP contribution in [0.2, 0.25) is 5.02 Å². The molecule has 0 bridgehead atoms. The largest absolute Gasteiger partial charge is 0.490 e. The van der Waals surface area contributed by atoms with Crippen molar-refractivity contribution in [2.75, 3.05) is 25.5 Å². The third-order valence-corrected chi connectivity index (χ3v) is 5.41. The van der Waals surface area contributed by atoms with E-state index in [9.17, 15) is 9.59 Å². The van der Waals surface area contributed by atoms with Crippen molar-refractivity contribution in [3.63, 3.8) is 0 Å². The van der Waals surface area contributed by atoms with Gasteiger partial charge in [0.15, 0.2) is 0 Å². The second-order valence-corrected chi connectivity index (χ2v) is 7.85. The van der Waals surface area contributed by atoms with Crippen molar-refractivity contribution in [3.8, 4) is 5.75 Å². The third-order valence-electron chi connectivity index (χ3n) is 5.18. The molecular weight excluding hydrogens is 406 g/mol. The van der Waals surface area contributed by atoms with Crippen LogP contribution < -0.4 is 15.8 Å². The zero-order valence-electron chi connectivity index (χ0n) is 16.5. The van der Waals surface area contributed by atoms with Crippen LogP contribution in [0.1, 0.15) is 33.8 Å². The zero-order valence-corrected chi connectivity index (χ0v) is 17.2. The molecule has 1 aliphatic heterocycles. The van der Waals surface area contributed by atoms with Crippen LogP contribution in [0.4, 0.5) is 5.69 Å². The van der Waals surface area contributed by atoms with E-state index in [1.165, 1.54) is 0 Å². The summed E-state index contributed by atoms with van der Waals surface area (Å²) >= 11 is 5.99. The van der Waals surface area contributed by atoms with Crippen molar-refractivity contribution in [2.45, 2.75) is 18.9 Å². The van der Waals surface area contributed by atoms with Gasteiger partial charge in [-0.3, -0.25) is 9.59 Å². The highest BCUT2D eigenvalue weighted by atomic mass is 35.5. The number of carbonyl (C=O) groups excluding carboxylic acids is 2. The minimum atomic E-state index is -0.781. The molecule has 0 saturated carbocycles. The first-order valence-corrected chi connectivity index (χ1v) is 10.1. The fourth-order valence-corrected chi connectivity index (χ4v) is 3.72. The lowest BCUT2D eigenvalue weighted by Crippen LogP contribution is -2.35. The van der Waals surface area contributed by atoms with Crippen molar-refractivity contribution in [1.29, 1.82) is 0 Å². The van der Waals surface area contributed by atoms with Gasteiger partial charge in [-0.2, -0.15) is 0 Å². The lowest BCUT2D eigenvalue weighted by molar-refractivity contribution is 0.0977. The molecule has 0 spiro atoms. The number of anilines is 1. The van der Waals surface area contributed by atoms with E-state index in [0.29, 0.717) is 27.3 Å². The molecule has 8 heteroatoms. The number of hydrogen-bond acceptors (Lipinski definition) is 5. The Morgan fingerprint density at radius 1 is 1.20 bits per heavy atom. The number of amides is 2. The van der Waals surface area contributed by atoms with E-state index in [4.69, 9.17) is 26.5 Å². The normalized spacial score (nSPS) is 15.3. The molecule has 1 aliphatic rings. The van der Waals surface area contributed by atoms with Crippen LogP contribution in [0.25, 0.3) is 11.0 Å². The zero-order chi connectivity index (χ0) is 21.3. The summed E-state index contributed by atoms with van der Waals surface area (Å²) in [5.74, 6) is -0.670. The highest BCUT2D eigenvalue weighted by molar-refractivity contribution is 6.31. The van der Waals surface area contributed by atoms with E-state index in [1.807, 2.05) is 6.07 Å². The Morgan fingerprint density at radius 3 is 2.70 bits per heavy atom. The Balaban J connectivity index is 1.56. The van der Waals surface area contributed by atoms with Crippen LogP contribution in [-0.2, 0) is 0 Å². The predicted octanol–water partition coefficient (Wildman–Crippen LogP) is 3.91. The van der Waals surface area contributed by atoms with E-state index in [1.54, 1.807) is 36.4 Å². The first kappa shape index (κ1) is 20.3. The van der Waals surface area contributed by atoms with Gasteiger partial charge in [0.1, 0.15) is 23.1 Å². The summed E-state index contributed by atoms with van der Waals surface area (Å²) in [5, 5.41) is 3.74. The van der Waals surface area contributed by atoms with E-state index in [2.05, 4.69) is 17.3 Å². The highest BCUT2D eigenvalue weighted by Gasteiger charge is 2.22. The van der Waals surface area contributed by atoms with Gasteiger partial charge in [-0.1, -0.05) is 17.7 Å². The monoisotopic (exact) mass is 427 g/mol. The smallest absolute Gasteiger partial charge is 0.286 e. The molecule has 2 aromatic carbocycles. The highest BCUT2D eigenvalue weighted by Crippen LogP contribution is 2.33. The minimum Gasteiger partial charge on any atom is -0.490 e. The van der Waals surface area contributed by atoms with Gasteiger partial charge >= 0.3 is 0 Å². The Kier molecular flexibility index (Phi) is 5.65. The number of nitrogens with one attached hydrogen (secondary N) is 1. The van der Waals surface area contributed by atoms with Gasteiger partial charge < -0.3 is 25.1 Å².